The first kappa shape index (κ1) is 10.7. The lowest BCUT2D eigenvalue weighted by atomic mass is 9.92. The Morgan fingerprint density at radius 2 is 1.87 bits per heavy atom. The predicted molar refractivity (Wildman–Crippen MR) is 63.0 cm³/mol. The Morgan fingerprint density at radius 1 is 1.13 bits per heavy atom. The molecule has 80 valence electrons. The zero-order valence-electron chi connectivity index (χ0n) is 8.62. The molecule has 1 aliphatic carbocycles. The Hall–Kier alpha value is -0.790. The molecule has 0 saturated heterocycles. The van der Waals surface area contributed by atoms with Crippen LogP contribution in [0.2, 0.25) is 5.02 Å². The van der Waals surface area contributed by atoms with Crippen LogP contribution < -0.4 is 0 Å². The second kappa shape index (κ2) is 4.82. The Labute approximate surface area is 95.4 Å². The van der Waals surface area contributed by atoms with Crippen LogP contribution in [0.15, 0.2) is 35.9 Å². The molecule has 2 heteroatoms. The maximum atomic E-state index is 10.1. The summed E-state index contributed by atoms with van der Waals surface area (Å²) in [6.07, 6.45) is 6.28. The van der Waals surface area contributed by atoms with Crippen LogP contribution in [-0.4, -0.2) is 5.11 Å². The number of benzene rings is 1. The molecule has 0 bridgehead atoms. The van der Waals surface area contributed by atoms with Crippen LogP contribution >= 0.6 is 11.6 Å². The lowest BCUT2D eigenvalue weighted by Gasteiger charge is -2.18. The third-order valence-electron chi connectivity index (χ3n) is 2.86. The van der Waals surface area contributed by atoms with Crippen molar-refractivity contribution in [2.24, 2.45) is 0 Å². The van der Waals surface area contributed by atoms with E-state index in [1.54, 1.807) is 0 Å². The minimum absolute atomic E-state index is 0.442. The van der Waals surface area contributed by atoms with Crippen LogP contribution in [-0.2, 0) is 0 Å². The van der Waals surface area contributed by atoms with E-state index in [0.717, 1.165) is 24.0 Å². The average Bonchev–Trinajstić information content (AvgIpc) is 2.30. The highest BCUT2D eigenvalue weighted by atomic mass is 35.5. The van der Waals surface area contributed by atoms with Gasteiger partial charge < -0.3 is 5.11 Å². The van der Waals surface area contributed by atoms with Gasteiger partial charge in [-0.2, -0.15) is 0 Å². The van der Waals surface area contributed by atoms with Crippen molar-refractivity contribution in [1.82, 2.24) is 0 Å². The fourth-order valence-electron chi connectivity index (χ4n) is 1.97. The first-order valence-electron chi connectivity index (χ1n) is 5.40. The largest absolute Gasteiger partial charge is 0.384 e. The van der Waals surface area contributed by atoms with E-state index >= 15 is 0 Å². The van der Waals surface area contributed by atoms with Gasteiger partial charge in [-0.3, -0.25) is 0 Å². The van der Waals surface area contributed by atoms with Crippen molar-refractivity contribution >= 4 is 11.6 Å². The fraction of sp³-hybridized carbons (Fsp3) is 0.385. The van der Waals surface area contributed by atoms with Gasteiger partial charge in [0.1, 0.15) is 6.10 Å². The monoisotopic (exact) mass is 222 g/mol. The van der Waals surface area contributed by atoms with Crippen molar-refractivity contribution in [1.29, 1.82) is 0 Å². The SMILES string of the molecule is OC(C1=CCCCC1)c1ccc(Cl)cc1. The molecule has 1 aromatic rings. The molecule has 1 aromatic carbocycles. The summed E-state index contributed by atoms with van der Waals surface area (Å²) < 4.78 is 0. The Bertz CT molecular complexity index is 353. The molecule has 0 saturated carbocycles. The standard InChI is InChI=1S/C13H15ClO/c14-12-8-6-11(7-9-12)13(15)10-4-2-1-3-5-10/h4,6-9,13,15H,1-3,5H2. The number of aliphatic hydroxyl groups excluding tert-OH is 1. The summed E-state index contributed by atoms with van der Waals surface area (Å²) >= 11 is 5.81. The van der Waals surface area contributed by atoms with Crippen molar-refractivity contribution in [2.45, 2.75) is 31.8 Å². The van der Waals surface area contributed by atoms with E-state index in [-0.39, 0.29) is 0 Å². The van der Waals surface area contributed by atoms with Crippen LogP contribution in [0.25, 0.3) is 0 Å². The number of allylic oxidation sites excluding steroid dienone is 1. The summed E-state index contributed by atoms with van der Waals surface area (Å²) in [6, 6.07) is 7.43. The van der Waals surface area contributed by atoms with E-state index in [1.165, 1.54) is 12.8 Å². The van der Waals surface area contributed by atoms with Crippen LogP contribution in [0.5, 0.6) is 0 Å². The lowest BCUT2D eigenvalue weighted by Crippen LogP contribution is -2.04. The van der Waals surface area contributed by atoms with Crippen LogP contribution in [0.3, 0.4) is 0 Å². The molecule has 0 radical (unpaired) electrons. The van der Waals surface area contributed by atoms with Crippen molar-refractivity contribution < 1.29 is 5.11 Å². The van der Waals surface area contributed by atoms with Gasteiger partial charge in [-0.25, -0.2) is 0 Å². The molecule has 2 rings (SSSR count). The van der Waals surface area contributed by atoms with E-state index in [9.17, 15) is 5.11 Å². The summed E-state index contributed by atoms with van der Waals surface area (Å²) in [5.74, 6) is 0. The highest BCUT2D eigenvalue weighted by Gasteiger charge is 2.14. The first-order valence-corrected chi connectivity index (χ1v) is 5.77. The Balaban J connectivity index is 2.16. The smallest absolute Gasteiger partial charge is 0.100 e. The fourth-order valence-corrected chi connectivity index (χ4v) is 2.10. The quantitative estimate of drug-likeness (QED) is 0.754. The summed E-state index contributed by atoms with van der Waals surface area (Å²) in [6.45, 7) is 0. The summed E-state index contributed by atoms with van der Waals surface area (Å²) in [5.41, 5.74) is 2.09. The summed E-state index contributed by atoms with van der Waals surface area (Å²) in [7, 11) is 0. The number of hydrogen-bond donors (Lipinski definition) is 1. The molecule has 0 spiro atoms. The average molecular weight is 223 g/mol. The van der Waals surface area contributed by atoms with Gasteiger partial charge >= 0.3 is 0 Å². The number of hydrogen-bond acceptors (Lipinski definition) is 1. The van der Waals surface area contributed by atoms with Gasteiger partial charge in [0.15, 0.2) is 0 Å². The molecule has 0 heterocycles. The molecule has 0 aromatic heterocycles. The number of halogens is 1. The van der Waals surface area contributed by atoms with Crippen LogP contribution in [0.4, 0.5) is 0 Å². The topological polar surface area (TPSA) is 20.2 Å². The minimum Gasteiger partial charge on any atom is -0.384 e. The van der Waals surface area contributed by atoms with E-state index in [0.29, 0.717) is 5.02 Å². The van der Waals surface area contributed by atoms with Crippen LogP contribution in [0.1, 0.15) is 37.4 Å². The van der Waals surface area contributed by atoms with Gasteiger partial charge in [0, 0.05) is 5.02 Å². The highest BCUT2D eigenvalue weighted by Crippen LogP contribution is 2.29. The van der Waals surface area contributed by atoms with E-state index in [2.05, 4.69) is 6.08 Å². The molecule has 0 amide bonds. The van der Waals surface area contributed by atoms with Crippen molar-refractivity contribution in [2.75, 3.05) is 0 Å². The number of rotatable bonds is 2. The van der Waals surface area contributed by atoms with Gasteiger partial charge in [0.25, 0.3) is 0 Å². The van der Waals surface area contributed by atoms with Crippen molar-refractivity contribution in [3.63, 3.8) is 0 Å². The molecule has 1 atom stereocenters. The molecule has 1 unspecified atom stereocenters. The minimum atomic E-state index is -0.442. The van der Waals surface area contributed by atoms with Gasteiger partial charge in [-0.05, 0) is 49.0 Å². The second-order valence-corrected chi connectivity index (χ2v) is 4.42. The molecular weight excluding hydrogens is 208 g/mol. The summed E-state index contributed by atoms with van der Waals surface area (Å²) in [5, 5.41) is 10.8. The predicted octanol–water partition coefficient (Wildman–Crippen LogP) is 3.87. The first-order chi connectivity index (χ1) is 7.27. The van der Waals surface area contributed by atoms with E-state index < -0.39 is 6.10 Å². The van der Waals surface area contributed by atoms with Crippen molar-refractivity contribution in [3.05, 3.63) is 46.5 Å². The summed E-state index contributed by atoms with van der Waals surface area (Å²) in [4.78, 5) is 0. The van der Waals surface area contributed by atoms with Gasteiger partial charge in [-0.15, -0.1) is 0 Å². The van der Waals surface area contributed by atoms with Gasteiger partial charge in [0.2, 0.25) is 0 Å². The maximum absolute atomic E-state index is 10.1. The zero-order chi connectivity index (χ0) is 10.7. The Kier molecular flexibility index (Phi) is 3.45. The molecule has 1 aliphatic rings. The second-order valence-electron chi connectivity index (χ2n) is 3.98. The molecule has 15 heavy (non-hydrogen) atoms. The van der Waals surface area contributed by atoms with E-state index in [4.69, 9.17) is 11.6 Å². The molecule has 0 fully saturated rings. The third-order valence-corrected chi connectivity index (χ3v) is 3.12. The third kappa shape index (κ3) is 2.61. The van der Waals surface area contributed by atoms with Gasteiger partial charge in [-0.1, -0.05) is 29.8 Å². The van der Waals surface area contributed by atoms with E-state index in [1.807, 2.05) is 24.3 Å². The molecular formula is C13H15ClO. The molecule has 1 N–H and O–H groups in total. The van der Waals surface area contributed by atoms with Crippen molar-refractivity contribution in [3.8, 4) is 0 Å². The van der Waals surface area contributed by atoms with Gasteiger partial charge in [0.05, 0.1) is 0 Å². The maximum Gasteiger partial charge on any atom is 0.100 e. The lowest BCUT2D eigenvalue weighted by molar-refractivity contribution is 0.208. The molecule has 0 aliphatic heterocycles. The van der Waals surface area contributed by atoms with Crippen LogP contribution in [0, 0.1) is 0 Å². The normalized spacial score (nSPS) is 18.4. The molecule has 1 nitrogen and oxygen atoms in total. The highest BCUT2D eigenvalue weighted by molar-refractivity contribution is 6.30. The Morgan fingerprint density at radius 3 is 2.47 bits per heavy atom. The number of aliphatic hydroxyl groups is 1. The zero-order valence-corrected chi connectivity index (χ0v) is 9.37.